The number of pyridine rings is 1. The molecule has 1 aromatic heterocycles. The fraction of sp³-hybridized carbons (Fsp3) is 0.286. The van der Waals surface area contributed by atoms with Crippen LogP contribution in [0.3, 0.4) is 0 Å². The number of aliphatic carboxylic acids is 1. The summed E-state index contributed by atoms with van der Waals surface area (Å²) >= 11 is 0. The normalized spacial score (nSPS) is 15.4. The number of nitrogens with two attached hydrogens (primary N) is 1. The minimum atomic E-state index is -1.07. The van der Waals surface area contributed by atoms with Gasteiger partial charge in [-0.2, -0.15) is 0 Å². The minimum absolute atomic E-state index is 0.149. The lowest BCUT2D eigenvalue weighted by Crippen LogP contribution is -2.25. The monoisotopic (exact) mass is 397 g/mol. The number of carboxylic acids is 1. The van der Waals surface area contributed by atoms with Gasteiger partial charge in [0.2, 0.25) is 11.8 Å². The molecule has 1 atom stereocenters. The number of hydrogen-bond acceptors (Lipinski definition) is 6. The Kier molecular flexibility index (Phi) is 5.45. The summed E-state index contributed by atoms with van der Waals surface area (Å²) in [5.74, 6) is -1.68. The van der Waals surface area contributed by atoms with Gasteiger partial charge in [0.25, 0.3) is 0 Å². The molecule has 2 aromatic rings. The molecule has 8 heteroatoms. The molecule has 3 rings (SSSR count). The van der Waals surface area contributed by atoms with Crippen molar-refractivity contribution in [2.45, 2.75) is 26.7 Å². The number of anilines is 1. The van der Waals surface area contributed by atoms with E-state index in [9.17, 15) is 14.7 Å². The molecule has 0 spiro atoms. The number of aromatic nitrogens is 1. The number of carboxylic acid groups (broad SMARTS) is 1. The first-order chi connectivity index (χ1) is 13.8. The summed E-state index contributed by atoms with van der Waals surface area (Å²) in [5.41, 5.74) is 9.09. The van der Waals surface area contributed by atoms with Crippen molar-refractivity contribution in [1.82, 2.24) is 4.98 Å². The third kappa shape index (κ3) is 3.49. The van der Waals surface area contributed by atoms with Crippen molar-refractivity contribution >= 4 is 17.6 Å². The van der Waals surface area contributed by atoms with Crippen molar-refractivity contribution < 1.29 is 24.2 Å². The van der Waals surface area contributed by atoms with Crippen LogP contribution in [0, 0.1) is 6.92 Å². The number of carbonyl (C=O) groups excluding carboxylic acids is 1. The SMILES string of the molecule is CCOc1ncc(C)c2c1C(c1ccc(C(N)=O)cc1OC)C(C(=O)O)=C(C)N2. The van der Waals surface area contributed by atoms with Crippen LogP contribution in [0.4, 0.5) is 5.69 Å². The number of aryl methyl sites for hydroxylation is 1. The van der Waals surface area contributed by atoms with Crippen molar-refractivity contribution in [2.24, 2.45) is 5.73 Å². The fourth-order valence-electron chi connectivity index (χ4n) is 3.61. The number of hydrogen-bond donors (Lipinski definition) is 3. The zero-order chi connectivity index (χ0) is 21.3. The van der Waals surface area contributed by atoms with Crippen LogP contribution in [0.15, 0.2) is 35.7 Å². The summed E-state index contributed by atoms with van der Waals surface area (Å²) in [4.78, 5) is 28.2. The molecule has 4 N–H and O–H groups in total. The lowest BCUT2D eigenvalue weighted by molar-refractivity contribution is -0.133. The molecule has 1 aliphatic rings. The summed E-state index contributed by atoms with van der Waals surface area (Å²) in [6, 6.07) is 4.73. The molecule has 0 saturated heterocycles. The van der Waals surface area contributed by atoms with Crippen LogP contribution in [-0.4, -0.2) is 35.7 Å². The zero-order valence-electron chi connectivity index (χ0n) is 16.7. The average Bonchev–Trinajstić information content (AvgIpc) is 2.68. The summed E-state index contributed by atoms with van der Waals surface area (Å²) in [5, 5.41) is 13.2. The maximum absolute atomic E-state index is 12.2. The van der Waals surface area contributed by atoms with E-state index < -0.39 is 17.8 Å². The third-order valence-electron chi connectivity index (χ3n) is 4.90. The standard InChI is InChI=1S/C21H23N3O5/c1-5-29-20-17-16(13-7-6-12(19(22)25)8-14(13)28-4)15(21(26)27)11(3)24-18(17)10(2)9-23-20/h6-9,16,24H,5H2,1-4H3,(H2,22,25)(H,26,27). The Labute approximate surface area is 168 Å². The van der Waals surface area contributed by atoms with Crippen LogP contribution in [0.5, 0.6) is 11.6 Å². The molecular formula is C21H23N3O5. The van der Waals surface area contributed by atoms with Crippen molar-refractivity contribution in [2.75, 3.05) is 19.0 Å². The van der Waals surface area contributed by atoms with Crippen LogP contribution < -0.4 is 20.5 Å². The van der Waals surface area contributed by atoms with Gasteiger partial charge in [0.05, 0.1) is 36.5 Å². The first-order valence-electron chi connectivity index (χ1n) is 9.11. The molecule has 1 unspecified atom stereocenters. The second-order valence-corrected chi connectivity index (χ2v) is 6.69. The number of methoxy groups -OCH3 is 1. The predicted octanol–water partition coefficient (Wildman–Crippen LogP) is 2.81. The molecule has 0 saturated carbocycles. The lowest BCUT2D eigenvalue weighted by Gasteiger charge is -2.32. The number of allylic oxidation sites excluding steroid dienone is 1. The van der Waals surface area contributed by atoms with Gasteiger partial charge in [-0.3, -0.25) is 4.79 Å². The van der Waals surface area contributed by atoms with Crippen molar-refractivity contribution in [3.63, 3.8) is 0 Å². The van der Waals surface area contributed by atoms with Gasteiger partial charge in [0.15, 0.2) is 0 Å². The number of nitrogens with zero attached hydrogens (tertiary/aromatic N) is 1. The largest absolute Gasteiger partial charge is 0.496 e. The first-order valence-corrected chi connectivity index (χ1v) is 9.11. The van der Waals surface area contributed by atoms with Crippen LogP contribution in [-0.2, 0) is 4.79 Å². The topological polar surface area (TPSA) is 124 Å². The molecule has 8 nitrogen and oxygen atoms in total. The Balaban J connectivity index is 2.36. The zero-order valence-corrected chi connectivity index (χ0v) is 16.7. The molecule has 1 aliphatic heterocycles. The second kappa shape index (κ2) is 7.83. The number of nitrogens with one attached hydrogen (secondary N) is 1. The molecule has 0 fully saturated rings. The highest BCUT2D eigenvalue weighted by molar-refractivity contribution is 5.95. The number of amides is 1. The van der Waals surface area contributed by atoms with Gasteiger partial charge < -0.3 is 25.6 Å². The van der Waals surface area contributed by atoms with E-state index in [-0.39, 0.29) is 11.1 Å². The average molecular weight is 397 g/mol. The first kappa shape index (κ1) is 20.2. The Hall–Kier alpha value is -3.55. The lowest BCUT2D eigenvalue weighted by atomic mass is 9.79. The van der Waals surface area contributed by atoms with Gasteiger partial charge in [-0.15, -0.1) is 0 Å². The summed E-state index contributed by atoms with van der Waals surface area (Å²) < 4.78 is 11.2. The number of primary amides is 1. The Morgan fingerprint density at radius 3 is 2.62 bits per heavy atom. The van der Waals surface area contributed by atoms with Crippen LogP contribution in [0.2, 0.25) is 0 Å². The van der Waals surface area contributed by atoms with Gasteiger partial charge in [-0.1, -0.05) is 6.07 Å². The van der Waals surface area contributed by atoms with Crippen molar-refractivity contribution in [1.29, 1.82) is 0 Å². The van der Waals surface area contributed by atoms with E-state index in [1.807, 2.05) is 13.8 Å². The van der Waals surface area contributed by atoms with E-state index in [2.05, 4.69) is 10.3 Å². The van der Waals surface area contributed by atoms with Gasteiger partial charge in [-0.05, 0) is 38.5 Å². The van der Waals surface area contributed by atoms with Crippen LogP contribution in [0.25, 0.3) is 0 Å². The Morgan fingerprint density at radius 2 is 2.03 bits per heavy atom. The molecule has 0 aliphatic carbocycles. The van der Waals surface area contributed by atoms with E-state index in [0.29, 0.717) is 35.1 Å². The molecule has 0 bridgehead atoms. The number of benzene rings is 1. The van der Waals surface area contributed by atoms with Crippen molar-refractivity contribution in [3.8, 4) is 11.6 Å². The fourth-order valence-corrected chi connectivity index (χ4v) is 3.61. The van der Waals surface area contributed by atoms with Gasteiger partial charge in [0, 0.05) is 23.0 Å². The van der Waals surface area contributed by atoms with E-state index in [1.165, 1.54) is 13.2 Å². The number of carbonyl (C=O) groups is 2. The summed E-state index contributed by atoms with van der Waals surface area (Å²) in [6.45, 7) is 5.81. The molecule has 29 heavy (non-hydrogen) atoms. The van der Waals surface area contributed by atoms with Crippen LogP contribution in [0.1, 0.15) is 46.8 Å². The highest BCUT2D eigenvalue weighted by Crippen LogP contribution is 2.48. The van der Waals surface area contributed by atoms with Crippen LogP contribution >= 0.6 is 0 Å². The predicted molar refractivity (Wildman–Crippen MR) is 107 cm³/mol. The third-order valence-corrected chi connectivity index (χ3v) is 4.90. The maximum atomic E-state index is 12.2. The Bertz CT molecular complexity index is 1030. The number of fused-ring (bicyclic) bond motifs is 1. The molecule has 0 radical (unpaired) electrons. The van der Waals surface area contributed by atoms with E-state index >= 15 is 0 Å². The minimum Gasteiger partial charge on any atom is -0.496 e. The second-order valence-electron chi connectivity index (χ2n) is 6.69. The van der Waals surface area contributed by atoms with Gasteiger partial charge >= 0.3 is 5.97 Å². The highest BCUT2D eigenvalue weighted by atomic mass is 16.5. The quantitative estimate of drug-likeness (QED) is 0.685. The van der Waals surface area contributed by atoms with Gasteiger partial charge in [0.1, 0.15) is 5.75 Å². The number of rotatable bonds is 6. The summed E-state index contributed by atoms with van der Waals surface area (Å²) in [7, 11) is 1.46. The van der Waals surface area contributed by atoms with Gasteiger partial charge in [-0.25, -0.2) is 9.78 Å². The maximum Gasteiger partial charge on any atom is 0.334 e. The Morgan fingerprint density at radius 1 is 1.31 bits per heavy atom. The summed E-state index contributed by atoms with van der Waals surface area (Å²) in [6.07, 6.45) is 1.68. The molecule has 1 amide bonds. The van der Waals surface area contributed by atoms with Crippen molar-refractivity contribution in [3.05, 3.63) is 57.9 Å². The molecule has 2 heterocycles. The molecule has 1 aromatic carbocycles. The van der Waals surface area contributed by atoms with E-state index in [1.54, 1.807) is 25.3 Å². The van der Waals surface area contributed by atoms with E-state index in [0.717, 1.165) is 11.3 Å². The highest BCUT2D eigenvalue weighted by Gasteiger charge is 2.37. The molecular weight excluding hydrogens is 374 g/mol. The molecule has 152 valence electrons. The number of ether oxygens (including phenoxy) is 2. The smallest absolute Gasteiger partial charge is 0.334 e. The van der Waals surface area contributed by atoms with E-state index in [4.69, 9.17) is 15.2 Å².